The standard InChI is InChI=1S/C19H17FN2O3/c1-13(23)2-3-14-4-10-17(11-5-14)24-12-18-21-22-19(25-18)15-6-8-16(20)9-7-15/h4-11H,2-3,12H2,1H3. The largest absolute Gasteiger partial charge is 0.484 e. The Balaban J connectivity index is 1.57. The Bertz CT molecular complexity index is 842. The Morgan fingerprint density at radius 2 is 1.80 bits per heavy atom. The van der Waals surface area contributed by atoms with Crippen LogP contribution in [-0.4, -0.2) is 16.0 Å². The summed E-state index contributed by atoms with van der Waals surface area (Å²) in [4.78, 5) is 11.0. The molecule has 0 saturated carbocycles. The third kappa shape index (κ3) is 4.73. The van der Waals surface area contributed by atoms with Gasteiger partial charge in [0.2, 0.25) is 5.89 Å². The summed E-state index contributed by atoms with van der Waals surface area (Å²) in [7, 11) is 0. The third-order valence-electron chi connectivity index (χ3n) is 3.61. The molecule has 5 nitrogen and oxygen atoms in total. The Morgan fingerprint density at radius 1 is 1.08 bits per heavy atom. The van der Waals surface area contributed by atoms with Gasteiger partial charge in [0.15, 0.2) is 6.61 Å². The van der Waals surface area contributed by atoms with E-state index in [1.54, 1.807) is 19.1 Å². The van der Waals surface area contributed by atoms with E-state index in [-0.39, 0.29) is 18.2 Å². The zero-order valence-electron chi connectivity index (χ0n) is 13.7. The van der Waals surface area contributed by atoms with Gasteiger partial charge in [0.1, 0.15) is 17.3 Å². The number of ether oxygens (including phenoxy) is 1. The Morgan fingerprint density at radius 3 is 2.48 bits per heavy atom. The molecule has 6 heteroatoms. The van der Waals surface area contributed by atoms with Gasteiger partial charge >= 0.3 is 0 Å². The summed E-state index contributed by atoms with van der Waals surface area (Å²) < 4.78 is 24.1. The fraction of sp³-hybridized carbons (Fsp3) is 0.211. The highest BCUT2D eigenvalue weighted by Crippen LogP contribution is 2.19. The van der Waals surface area contributed by atoms with Crippen LogP contribution in [0.1, 0.15) is 24.8 Å². The number of ketones is 1. The summed E-state index contributed by atoms with van der Waals surface area (Å²) in [6, 6.07) is 13.4. The van der Waals surface area contributed by atoms with Crippen molar-refractivity contribution in [2.24, 2.45) is 0 Å². The second-order valence-electron chi connectivity index (χ2n) is 5.64. The maximum atomic E-state index is 12.9. The summed E-state index contributed by atoms with van der Waals surface area (Å²) in [5, 5.41) is 7.86. The highest BCUT2D eigenvalue weighted by molar-refractivity contribution is 5.75. The molecule has 0 bridgehead atoms. The number of hydrogen-bond donors (Lipinski definition) is 0. The van der Waals surface area contributed by atoms with Crippen LogP contribution in [0.2, 0.25) is 0 Å². The number of halogens is 1. The lowest BCUT2D eigenvalue weighted by Crippen LogP contribution is -1.97. The summed E-state index contributed by atoms with van der Waals surface area (Å²) in [5.74, 6) is 1.18. The minimum atomic E-state index is -0.321. The second kappa shape index (κ2) is 7.70. The monoisotopic (exact) mass is 340 g/mol. The third-order valence-corrected chi connectivity index (χ3v) is 3.61. The maximum absolute atomic E-state index is 12.9. The number of carbonyl (C=O) groups is 1. The fourth-order valence-corrected chi connectivity index (χ4v) is 2.24. The summed E-state index contributed by atoms with van der Waals surface area (Å²) >= 11 is 0. The van der Waals surface area contributed by atoms with Crippen molar-refractivity contribution >= 4 is 5.78 Å². The predicted molar refractivity (Wildman–Crippen MR) is 89.5 cm³/mol. The van der Waals surface area contributed by atoms with E-state index in [1.807, 2.05) is 24.3 Å². The van der Waals surface area contributed by atoms with Gasteiger partial charge in [-0.3, -0.25) is 0 Å². The smallest absolute Gasteiger partial charge is 0.254 e. The molecule has 0 fully saturated rings. The first-order valence-corrected chi connectivity index (χ1v) is 7.89. The van der Waals surface area contributed by atoms with Crippen LogP contribution in [0.25, 0.3) is 11.5 Å². The van der Waals surface area contributed by atoms with Crippen molar-refractivity contribution < 1.29 is 18.3 Å². The van der Waals surface area contributed by atoms with Gasteiger partial charge in [-0.25, -0.2) is 4.39 Å². The van der Waals surface area contributed by atoms with Crippen LogP contribution in [0.4, 0.5) is 4.39 Å². The van der Waals surface area contributed by atoms with Crippen molar-refractivity contribution in [3.63, 3.8) is 0 Å². The molecule has 0 saturated heterocycles. The van der Waals surface area contributed by atoms with Crippen molar-refractivity contribution in [2.45, 2.75) is 26.4 Å². The molecule has 2 aromatic carbocycles. The van der Waals surface area contributed by atoms with Crippen LogP contribution in [0.5, 0.6) is 5.75 Å². The molecule has 3 aromatic rings. The van der Waals surface area contributed by atoms with E-state index in [2.05, 4.69) is 10.2 Å². The molecule has 0 amide bonds. The van der Waals surface area contributed by atoms with Crippen LogP contribution >= 0.6 is 0 Å². The van der Waals surface area contributed by atoms with Crippen LogP contribution in [0.15, 0.2) is 52.9 Å². The molecule has 0 aliphatic carbocycles. The average Bonchev–Trinajstić information content (AvgIpc) is 3.08. The molecule has 0 aliphatic heterocycles. The van der Waals surface area contributed by atoms with E-state index in [0.717, 1.165) is 12.0 Å². The number of aryl methyl sites for hydroxylation is 1. The van der Waals surface area contributed by atoms with Crippen LogP contribution in [0.3, 0.4) is 0 Å². The number of rotatable bonds is 7. The molecular formula is C19H17FN2O3. The second-order valence-corrected chi connectivity index (χ2v) is 5.64. The van der Waals surface area contributed by atoms with E-state index < -0.39 is 0 Å². The number of carbonyl (C=O) groups excluding carboxylic acids is 1. The summed E-state index contributed by atoms with van der Waals surface area (Å²) in [6.07, 6.45) is 1.26. The number of Topliss-reactive ketones (excluding diaryl/α,β-unsaturated/α-hetero) is 1. The number of nitrogens with zero attached hydrogens (tertiary/aromatic N) is 2. The topological polar surface area (TPSA) is 65.2 Å². The van der Waals surface area contributed by atoms with Gasteiger partial charge in [0.05, 0.1) is 0 Å². The minimum Gasteiger partial charge on any atom is -0.484 e. The normalized spacial score (nSPS) is 10.6. The fourth-order valence-electron chi connectivity index (χ4n) is 2.24. The number of aromatic nitrogens is 2. The molecule has 1 heterocycles. The van der Waals surface area contributed by atoms with E-state index in [0.29, 0.717) is 29.5 Å². The molecule has 0 aliphatic rings. The Hall–Kier alpha value is -3.02. The zero-order chi connectivity index (χ0) is 17.6. The molecule has 0 unspecified atom stereocenters. The molecule has 0 spiro atoms. The van der Waals surface area contributed by atoms with Crippen molar-refractivity contribution in [3.8, 4) is 17.2 Å². The molecule has 0 N–H and O–H groups in total. The van der Waals surface area contributed by atoms with Gasteiger partial charge < -0.3 is 13.9 Å². The highest BCUT2D eigenvalue weighted by atomic mass is 19.1. The average molecular weight is 340 g/mol. The summed E-state index contributed by atoms with van der Waals surface area (Å²) in [6.45, 7) is 1.73. The lowest BCUT2D eigenvalue weighted by atomic mass is 10.1. The minimum absolute atomic E-state index is 0.140. The molecule has 25 heavy (non-hydrogen) atoms. The van der Waals surface area contributed by atoms with Crippen molar-refractivity contribution in [1.82, 2.24) is 10.2 Å². The van der Waals surface area contributed by atoms with Gasteiger partial charge in [-0.1, -0.05) is 12.1 Å². The highest BCUT2D eigenvalue weighted by Gasteiger charge is 2.09. The van der Waals surface area contributed by atoms with Crippen LogP contribution < -0.4 is 4.74 Å². The Labute approximate surface area is 144 Å². The summed E-state index contributed by atoms with van der Waals surface area (Å²) in [5.41, 5.74) is 1.73. The van der Waals surface area contributed by atoms with Gasteiger partial charge in [-0.2, -0.15) is 0 Å². The molecule has 128 valence electrons. The van der Waals surface area contributed by atoms with Crippen molar-refractivity contribution in [1.29, 1.82) is 0 Å². The van der Waals surface area contributed by atoms with Crippen molar-refractivity contribution in [2.75, 3.05) is 0 Å². The Kier molecular flexibility index (Phi) is 5.18. The number of hydrogen-bond acceptors (Lipinski definition) is 5. The first kappa shape index (κ1) is 16.8. The lowest BCUT2D eigenvalue weighted by molar-refractivity contribution is -0.116. The predicted octanol–water partition coefficient (Wildman–Crippen LogP) is 3.98. The molecule has 0 atom stereocenters. The van der Waals surface area contributed by atoms with Gasteiger partial charge in [-0.05, 0) is 55.3 Å². The van der Waals surface area contributed by atoms with E-state index in [4.69, 9.17) is 9.15 Å². The first-order valence-electron chi connectivity index (χ1n) is 7.89. The molecule has 3 rings (SSSR count). The SMILES string of the molecule is CC(=O)CCc1ccc(OCc2nnc(-c3ccc(F)cc3)o2)cc1. The molecule has 0 radical (unpaired) electrons. The van der Waals surface area contributed by atoms with E-state index in [1.165, 1.54) is 12.1 Å². The van der Waals surface area contributed by atoms with E-state index in [9.17, 15) is 9.18 Å². The van der Waals surface area contributed by atoms with Crippen LogP contribution in [-0.2, 0) is 17.8 Å². The molecular weight excluding hydrogens is 323 g/mol. The van der Waals surface area contributed by atoms with Crippen LogP contribution in [0, 0.1) is 5.82 Å². The number of benzene rings is 2. The maximum Gasteiger partial charge on any atom is 0.254 e. The van der Waals surface area contributed by atoms with Gasteiger partial charge in [0.25, 0.3) is 5.89 Å². The zero-order valence-corrected chi connectivity index (χ0v) is 13.7. The van der Waals surface area contributed by atoms with Gasteiger partial charge in [-0.15, -0.1) is 10.2 Å². The lowest BCUT2D eigenvalue weighted by Gasteiger charge is -2.04. The van der Waals surface area contributed by atoms with Gasteiger partial charge in [0, 0.05) is 12.0 Å². The van der Waals surface area contributed by atoms with E-state index >= 15 is 0 Å². The quantitative estimate of drug-likeness (QED) is 0.651. The van der Waals surface area contributed by atoms with Crippen molar-refractivity contribution in [3.05, 3.63) is 65.8 Å². The molecule has 1 aromatic heterocycles. The first-order chi connectivity index (χ1) is 12.1.